The predicted octanol–water partition coefficient (Wildman–Crippen LogP) is 4.80. The normalized spacial score (nSPS) is 18.3. The van der Waals surface area contributed by atoms with Gasteiger partial charge in [-0.1, -0.05) is 30.3 Å². The number of esters is 2. The monoisotopic (exact) mass is 530 g/mol. The lowest BCUT2D eigenvalue weighted by atomic mass is 9.92. The van der Waals surface area contributed by atoms with Crippen molar-refractivity contribution in [3.63, 3.8) is 0 Å². The molecule has 0 saturated carbocycles. The van der Waals surface area contributed by atoms with Crippen LogP contribution in [0.25, 0.3) is 5.65 Å². The zero-order valence-electron chi connectivity index (χ0n) is 22.2. The number of rotatable bonds is 8. The summed E-state index contributed by atoms with van der Waals surface area (Å²) in [5.74, 6) is -0.475. The summed E-state index contributed by atoms with van der Waals surface area (Å²) in [5, 5.41) is 0. The first-order valence-corrected chi connectivity index (χ1v) is 12.6. The number of aromatic nitrogens is 2. The van der Waals surface area contributed by atoms with E-state index in [0.29, 0.717) is 23.6 Å². The van der Waals surface area contributed by atoms with Gasteiger partial charge in [-0.25, -0.2) is 14.6 Å². The van der Waals surface area contributed by atoms with E-state index in [4.69, 9.17) is 28.7 Å². The summed E-state index contributed by atoms with van der Waals surface area (Å²) in [4.78, 5) is 30.0. The number of carbonyl (C=O) groups is 2. The van der Waals surface area contributed by atoms with Gasteiger partial charge in [-0.3, -0.25) is 0 Å². The van der Waals surface area contributed by atoms with E-state index in [-0.39, 0.29) is 12.2 Å². The lowest BCUT2D eigenvalue weighted by molar-refractivity contribution is -0.115. The Morgan fingerprint density at radius 2 is 1.62 bits per heavy atom. The fourth-order valence-corrected chi connectivity index (χ4v) is 4.72. The van der Waals surface area contributed by atoms with Gasteiger partial charge in [0.1, 0.15) is 6.10 Å². The number of ether oxygens (including phenoxy) is 5. The number of pyridine rings is 1. The number of fused-ring (bicyclic) bond motifs is 3. The maximum absolute atomic E-state index is 13.4. The number of hydrogen-bond donors (Lipinski definition) is 0. The first kappa shape index (κ1) is 26.4. The van der Waals surface area contributed by atoms with Gasteiger partial charge in [0, 0.05) is 24.6 Å². The lowest BCUT2D eigenvalue weighted by Crippen LogP contribution is -2.40. The highest BCUT2D eigenvalue weighted by molar-refractivity contribution is 5.93. The Balaban J connectivity index is 1.57. The molecule has 0 aliphatic carbocycles. The van der Waals surface area contributed by atoms with Gasteiger partial charge in [0.2, 0.25) is 0 Å². The number of hydrogen-bond acceptors (Lipinski definition) is 8. The third kappa shape index (κ3) is 5.10. The van der Waals surface area contributed by atoms with Gasteiger partial charge in [0.05, 0.1) is 37.1 Å². The van der Waals surface area contributed by atoms with E-state index in [0.717, 1.165) is 22.5 Å². The second-order valence-corrected chi connectivity index (χ2v) is 9.25. The van der Waals surface area contributed by atoms with Crippen LogP contribution in [0.15, 0.2) is 66.9 Å². The summed E-state index contributed by atoms with van der Waals surface area (Å²) >= 11 is 0. The molecule has 1 aliphatic heterocycles. The van der Waals surface area contributed by atoms with Crippen molar-refractivity contribution in [2.75, 3.05) is 27.4 Å². The predicted molar refractivity (Wildman–Crippen MR) is 142 cm³/mol. The van der Waals surface area contributed by atoms with Crippen LogP contribution in [0.2, 0.25) is 0 Å². The second-order valence-electron chi connectivity index (χ2n) is 9.25. The fourth-order valence-electron chi connectivity index (χ4n) is 4.72. The van der Waals surface area contributed by atoms with Crippen molar-refractivity contribution in [3.05, 3.63) is 101 Å². The summed E-state index contributed by atoms with van der Waals surface area (Å²) in [7, 11) is 2.90. The van der Waals surface area contributed by atoms with Crippen LogP contribution in [0, 0.1) is 13.8 Å². The minimum Gasteiger partial charge on any atom is -0.477 e. The van der Waals surface area contributed by atoms with Crippen molar-refractivity contribution in [1.29, 1.82) is 0 Å². The van der Waals surface area contributed by atoms with Crippen LogP contribution in [0.3, 0.4) is 0 Å². The number of methoxy groups -OCH3 is 2. The van der Waals surface area contributed by atoms with Gasteiger partial charge in [-0.2, -0.15) is 0 Å². The average molecular weight is 531 g/mol. The highest BCUT2D eigenvalue weighted by Crippen LogP contribution is 2.46. The van der Waals surface area contributed by atoms with Crippen molar-refractivity contribution < 1.29 is 33.3 Å². The van der Waals surface area contributed by atoms with Crippen LogP contribution >= 0.6 is 0 Å². The first-order valence-electron chi connectivity index (χ1n) is 12.6. The Kier molecular flexibility index (Phi) is 7.63. The Bertz CT molecular complexity index is 1480. The maximum atomic E-state index is 13.4. The van der Waals surface area contributed by atoms with Crippen LogP contribution in [-0.2, 0) is 18.9 Å². The third-order valence-corrected chi connectivity index (χ3v) is 6.90. The summed E-state index contributed by atoms with van der Waals surface area (Å²) in [5.41, 5.74) is 4.75. The van der Waals surface area contributed by atoms with Crippen molar-refractivity contribution in [3.8, 4) is 5.75 Å². The maximum Gasteiger partial charge on any atom is 0.338 e. The van der Waals surface area contributed by atoms with Crippen LogP contribution in [-0.4, -0.2) is 54.9 Å². The third-order valence-electron chi connectivity index (χ3n) is 6.90. The molecule has 0 amide bonds. The van der Waals surface area contributed by atoms with Gasteiger partial charge < -0.3 is 28.1 Å². The van der Waals surface area contributed by atoms with Gasteiger partial charge in [0.15, 0.2) is 23.6 Å². The molecule has 0 unspecified atom stereocenters. The van der Waals surface area contributed by atoms with Gasteiger partial charge >= 0.3 is 11.9 Å². The SMILES string of the molecule is COCCO[C@@H]1c2ccn3c(C)c(C)nc3c2O[C@H](c2ccccc2)[C@H]1OC(=O)c1ccc(C(=O)OC)cc1. The molecule has 0 fully saturated rings. The van der Waals surface area contributed by atoms with Gasteiger partial charge in [-0.05, 0) is 49.7 Å². The van der Waals surface area contributed by atoms with Crippen molar-refractivity contribution >= 4 is 17.6 Å². The molecule has 1 aliphatic rings. The molecule has 39 heavy (non-hydrogen) atoms. The van der Waals surface area contributed by atoms with Crippen molar-refractivity contribution in [1.82, 2.24) is 9.38 Å². The molecule has 3 heterocycles. The Morgan fingerprint density at radius 1 is 0.923 bits per heavy atom. The topological polar surface area (TPSA) is 97.6 Å². The van der Waals surface area contributed by atoms with E-state index in [1.54, 1.807) is 7.11 Å². The number of aryl methyl sites for hydroxylation is 2. The molecule has 5 rings (SSSR count). The average Bonchev–Trinajstić information content (AvgIpc) is 3.27. The van der Waals surface area contributed by atoms with Crippen LogP contribution < -0.4 is 4.74 Å². The highest BCUT2D eigenvalue weighted by Gasteiger charge is 2.44. The molecule has 0 N–H and O–H groups in total. The van der Waals surface area contributed by atoms with Gasteiger partial charge in [0.25, 0.3) is 0 Å². The zero-order valence-corrected chi connectivity index (χ0v) is 22.2. The largest absolute Gasteiger partial charge is 0.477 e. The zero-order chi connectivity index (χ0) is 27.5. The summed E-state index contributed by atoms with van der Waals surface area (Å²) in [6.07, 6.45) is -0.237. The molecule has 9 heteroatoms. The van der Waals surface area contributed by atoms with E-state index in [9.17, 15) is 9.59 Å². The van der Waals surface area contributed by atoms with Crippen LogP contribution in [0.4, 0.5) is 0 Å². The molecular formula is C30H30N2O7. The molecule has 2 aromatic heterocycles. The van der Waals surface area contributed by atoms with E-state index in [1.165, 1.54) is 31.4 Å². The first-order chi connectivity index (χ1) is 18.9. The fraction of sp³-hybridized carbons (Fsp3) is 0.300. The smallest absolute Gasteiger partial charge is 0.338 e. The lowest BCUT2D eigenvalue weighted by Gasteiger charge is -2.39. The Morgan fingerprint density at radius 3 is 2.28 bits per heavy atom. The number of imidazole rings is 1. The molecule has 0 radical (unpaired) electrons. The van der Waals surface area contributed by atoms with Crippen molar-refractivity contribution in [2.24, 2.45) is 0 Å². The second kappa shape index (κ2) is 11.3. The Hall–Kier alpha value is -4.21. The molecule has 2 aromatic carbocycles. The van der Waals surface area contributed by atoms with Gasteiger partial charge in [-0.15, -0.1) is 0 Å². The molecule has 0 saturated heterocycles. The number of nitrogens with zero attached hydrogens (tertiary/aromatic N) is 2. The molecule has 0 bridgehead atoms. The summed E-state index contributed by atoms with van der Waals surface area (Å²) in [6, 6.07) is 17.6. The molecule has 0 spiro atoms. The molecule has 4 aromatic rings. The minimum atomic E-state index is -0.829. The van der Waals surface area contributed by atoms with E-state index < -0.39 is 30.3 Å². The van der Waals surface area contributed by atoms with E-state index in [2.05, 4.69) is 0 Å². The standard InChI is InChI=1S/C30H30N2O7/c1-18-19(2)32-15-14-23-25(37-17-16-35-3)27(39-30(34)22-12-10-21(11-13-22)29(33)36-4)24(20-8-6-5-7-9-20)38-26(23)28(32)31-18/h5-15,24-25,27H,16-17H2,1-4H3/t24-,25-,27-/m1/s1. The number of carbonyl (C=O) groups excluding carboxylic acids is 2. The van der Waals surface area contributed by atoms with E-state index >= 15 is 0 Å². The van der Waals surface area contributed by atoms with Crippen LogP contribution in [0.5, 0.6) is 5.75 Å². The summed E-state index contributed by atoms with van der Waals surface area (Å²) < 4.78 is 31.0. The summed E-state index contributed by atoms with van der Waals surface area (Å²) in [6.45, 7) is 4.60. The van der Waals surface area contributed by atoms with E-state index in [1.807, 2.05) is 60.8 Å². The molecule has 202 valence electrons. The number of benzene rings is 2. The van der Waals surface area contributed by atoms with Crippen LogP contribution in [0.1, 0.15) is 55.4 Å². The highest BCUT2D eigenvalue weighted by atomic mass is 16.6. The molecular weight excluding hydrogens is 500 g/mol. The van der Waals surface area contributed by atoms with Crippen molar-refractivity contribution in [2.45, 2.75) is 32.2 Å². The Labute approximate surface area is 226 Å². The molecule has 3 atom stereocenters. The minimum absolute atomic E-state index is 0.279. The molecule has 9 nitrogen and oxygen atoms in total. The quantitative estimate of drug-likeness (QED) is 0.237.